The van der Waals surface area contributed by atoms with E-state index in [4.69, 9.17) is 16.0 Å². The first-order valence-electron chi connectivity index (χ1n) is 8.92. The van der Waals surface area contributed by atoms with E-state index in [1.807, 2.05) is 10.6 Å². The van der Waals surface area contributed by atoms with Gasteiger partial charge in [0.2, 0.25) is 5.91 Å². The molecule has 3 aromatic heterocycles. The van der Waals surface area contributed by atoms with Gasteiger partial charge in [0.05, 0.1) is 29.1 Å². The van der Waals surface area contributed by atoms with E-state index in [0.717, 1.165) is 42.3 Å². The maximum Gasteiger partial charge on any atom is 0.417 e. The lowest BCUT2D eigenvalue weighted by atomic mass is 10.3. The van der Waals surface area contributed by atoms with Crippen molar-refractivity contribution in [2.24, 2.45) is 0 Å². The summed E-state index contributed by atoms with van der Waals surface area (Å²) in [5.41, 5.74) is -0.987. The number of carbonyl (C=O) groups excluding carboxylic acids is 1. The van der Waals surface area contributed by atoms with E-state index in [1.165, 1.54) is 0 Å². The molecule has 1 aliphatic carbocycles. The molecule has 1 aliphatic rings. The third-order valence-electron chi connectivity index (χ3n) is 4.34. The normalized spacial score (nSPS) is 14.1. The lowest BCUT2D eigenvalue weighted by Gasteiger charge is -2.10. The Hall–Kier alpha value is -2.53. The van der Waals surface area contributed by atoms with Gasteiger partial charge in [0.25, 0.3) is 0 Å². The number of pyridine rings is 1. The number of rotatable bonds is 7. The highest BCUT2D eigenvalue weighted by Crippen LogP contribution is 2.40. The SMILES string of the molecule is O=C(CSc1nnc(C2CC2)n1Cc1ccco1)Nc1ncc(C(F)(F)F)cc1Cl. The third kappa shape index (κ3) is 4.78. The van der Waals surface area contributed by atoms with Crippen molar-refractivity contribution >= 4 is 35.1 Å². The molecule has 158 valence electrons. The zero-order valence-corrected chi connectivity index (χ0v) is 16.9. The van der Waals surface area contributed by atoms with Crippen molar-refractivity contribution in [3.8, 4) is 0 Å². The van der Waals surface area contributed by atoms with Gasteiger partial charge in [-0.3, -0.25) is 9.36 Å². The number of thioether (sulfide) groups is 1. The van der Waals surface area contributed by atoms with Gasteiger partial charge in [0.1, 0.15) is 11.6 Å². The zero-order valence-electron chi connectivity index (χ0n) is 15.3. The second-order valence-electron chi connectivity index (χ2n) is 6.67. The standard InChI is InChI=1S/C18H15ClF3N5O2S/c19-13-6-11(18(20,21)22)7-23-15(13)24-14(28)9-30-17-26-25-16(10-3-4-10)27(17)8-12-2-1-5-29-12/h1-2,5-7,10H,3-4,8-9H2,(H,23,24,28). The Morgan fingerprint density at radius 3 is 2.80 bits per heavy atom. The Morgan fingerprint density at radius 2 is 2.17 bits per heavy atom. The molecule has 1 saturated carbocycles. The summed E-state index contributed by atoms with van der Waals surface area (Å²) >= 11 is 6.99. The second-order valence-corrected chi connectivity index (χ2v) is 8.02. The Morgan fingerprint density at radius 1 is 1.37 bits per heavy atom. The van der Waals surface area contributed by atoms with Crippen molar-refractivity contribution < 1.29 is 22.4 Å². The van der Waals surface area contributed by atoms with Gasteiger partial charge in [-0.25, -0.2) is 4.98 Å². The average Bonchev–Trinajstić information content (AvgIpc) is 3.25. The van der Waals surface area contributed by atoms with Gasteiger partial charge in [0, 0.05) is 12.1 Å². The Kier molecular flexibility index (Phi) is 5.74. The lowest BCUT2D eigenvalue weighted by molar-refractivity contribution is -0.137. The van der Waals surface area contributed by atoms with E-state index in [0.29, 0.717) is 23.8 Å². The van der Waals surface area contributed by atoms with Crippen LogP contribution in [-0.2, 0) is 17.5 Å². The molecular weight excluding hydrogens is 443 g/mol. The second kappa shape index (κ2) is 8.31. The number of carbonyl (C=O) groups is 1. The van der Waals surface area contributed by atoms with Crippen molar-refractivity contribution in [2.45, 2.75) is 36.6 Å². The number of halogens is 4. The van der Waals surface area contributed by atoms with Crippen LogP contribution in [0.5, 0.6) is 0 Å². The molecule has 12 heteroatoms. The molecule has 3 heterocycles. The average molecular weight is 458 g/mol. The molecule has 0 atom stereocenters. The van der Waals surface area contributed by atoms with Crippen molar-refractivity contribution in [1.82, 2.24) is 19.7 Å². The summed E-state index contributed by atoms with van der Waals surface area (Å²) in [4.78, 5) is 15.9. The fourth-order valence-corrected chi connectivity index (χ4v) is 3.70. The van der Waals surface area contributed by atoms with E-state index < -0.39 is 17.6 Å². The number of hydrogen-bond acceptors (Lipinski definition) is 6. The molecule has 0 bridgehead atoms. The molecule has 0 aliphatic heterocycles. The van der Waals surface area contributed by atoms with Crippen molar-refractivity contribution in [1.29, 1.82) is 0 Å². The summed E-state index contributed by atoms with van der Waals surface area (Å²) in [6, 6.07) is 4.35. The molecule has 0 unspecified atom stereocenters. The summed E-state index contributed by atoms with van der Waals surface area (Å²) < 4.78 is 45.4. The Balaban J connectivity index is 1.42. The molecular formula is C18H15ClF3N5O2S. The summed E-state index contributed by atoms with van der Waals surface area (Å²) in [7, 11) is 0. The minimum atomic E-state index is -4.56. The zero-order chi connectivity index (χ0) is 21.3. The molecule has 3 aromatic rings. The van der Waals surface area contributed by atoms with Crippen molar-refractivity contribution in [3.63, 3.8) is 0 Å². The van der Waals surface area contributed by atoms with Gasteiger partial charge in [-0.05, 0) is 31.0 Å². The third-order valence-corrected chi connectivity index (χ3v) is 5.60. The molecule has 0 spiro atoms. The predicted molar refractivity (Wildman–Crippen MR) is 103 cm³/mol. The van der Waals surface area contributed by atoms with E-state index in [2.05, 4.69) is 20.5 Å². The fourth-order valence-electron chi connectivity index (χ4n) is 2.74. The smallest absolute Gasteiger partial charge is 0.417 e. The first-order valence-corrected chi connectivity index (χ1v) is 10.3. The number of alkyl halides is 3. The van der Waals surface area contributed by atoms with Crippen LogP contribution in [0.15, 0.2) is 40.2 Å². The highest BCUT2D eigenvalue weighted by molar-refractivity contribution is 7.99. The first kappa shape index (κ1) is 20.7. The number of nitrogens with one attached hydrogen (secondary N) is 1. The molecule has 1 fully saturated rings. The van der Waals surface area contributed by atoms with Crippen LogP contribution < -0.4 is 5.32 Å². The van der Waals surface area contributed by atoms with Gasteiger partial charge >= 0.3 is 6.18 Å². The van der Waals surface area contributed by atoms with E-state index in [-0.39, 0.29) is 16.6 Å². The quantitative estimate of drug-likeness (QED) is 0.522. The van der Waals surface area contributed by atoms with Crippen molar-refractivity contribution in [2.75, 3.05) is 11.1 Å². The van der Waals surface area contributed by atoms with E-state index >= 15 is 0 Å². The molecule has 1 amide bonds. The molecule has 4 rings (SSSR count). The molecule has 7 nitrogen and oxygen atoms in total. The molecule has 0 radical (unpaired) electrons. The predicted octanol–water partition coefficient (Wildman–Crippen LogP) is 4.59. The van der Waals surface area contributed by atoms with Gasteiger partial charge in [-0.1, -0.05) is 23.4 Å². The van der Waals surface area contributed by atoms with Crippen LogP contribution in [0.4, 0.5) is 19.0 Å². The van der Waals surface area contributed by atoms with Crippen LogP contribution in [0.1, 0.15) is 35.9 Å². The van der Waals surface area contributed by atoms with Crippen LogP contribution >= 0.6 is 23.4 Å². The molecule has 30 heavy (non-hydrogen) atoms. The van der Waals surface area contributed by atoms with Gasteiger partial charge in [-0.2, -0.15) is 13.2 Å². The van der Waals surface area contributed by atoms with E-state index in [9.17, 15) is 18.0 Å². The molecule has 0 saturated heterocycles. The van der Waals surface area contributed by atoms with Crippen molar-refractivity contribution in [3.05, 3.63) is 52.8 Å². The summed E-state index contributed by atoms with van der Waals surface area (Å²) in [5.74, 6) is 1.29. The minimum absolute atomic E-state index is 0.0417. The first-order chi connectivity index (χ1) is 14.3. The Bertz CT molecular complexity index is 1050. The van der Waals surface area contributed by atoms with Crippen LogP contribution in [0.2, 0.25) is 5.02 Å². The highest BCUT2D eigenvalue weighted by atomic mass is 35.5. The number of amides is 1. The number of nitrogens with zero attached hydrogens (tertiary/aromatic N) is 4. The summed E-state index contributed by atoms with van der Waals surface area (Å²) in [6.45, 7) is 0.447. The number of hydrogen-bond donors (Lipinski definition) is 1. The number of aromatic nitrogens is 4. The van der Waals surface area contributed by atoms with Crippen LogP contribution in [0.3, 0.4) is 0 Å². The van der Waals surface area contributed by atoms with Gasteiger partial charge in [-0.15, -0.1) is 10.2 Å². The van der Waals surface area contributed by atoms with Crippen LogP contribution in [-0.4, -0.2) is 31.4 Å². The maximum absolute atomic E-state index is 12.7. The van der Waals surface area contributed by atoms with Crippen LogP contribution in [0, 0.1) is 0 Å². The summed E-state index contributed by atoms with van der Waals surface area (Å²) in [6.07, 6.45) is -0.278. The van der Waals surface area contributed by atoms with Gasteiger partial charge < -0.3 is 9.73 Å². The highest BCUT2D eigenvalue weighted by Gasteiger charge is 2.32. The number of anilines is 1. The minimum Gasteiger partial charge on any atom is -0.467 e. The Labute approximate surface area is 178 Å². The fraction of sp³-hybridized carbons (Fsp3) is 0.333. The maximum atomic E-state index is 12.7. The largest absolute Gasteiger partial charge is 0.467 e. The van der Waals surface area contributed by atoms with E-state index in [1.54, 1.807) is 12.3 Å². The monoisotopic (exact) mass is 457 g/mol. The topological polar surface area (TPSA) is 85.8 Å². The van der Waals surface area contributed by atoms with Gasteiger partial charge in [0.15, 0.2) is 11.0 Å². The molecule has 1 N–H and O–H groups in total. The lowest BCUT2D eigenvalue weighted by Crippen LogP contribution is -2.17. The number of furan rings is 1. The summed E-state index contributed by atoms with van der Waals surface area (Å²) in [5, 5.41) is 11.1. The molecule has 0 aromatic carbocycles. The van der Waals surface area contributed by atoms with Crippen LogP contribution in [0.25, 0.3) is 0 Å².